The van der Waals surface area contributed by atoms with Gasteiger partial charge in [0.2, 0.25) is 0 Å². The van der Waals surface area contributed by atoms with E-state index in [2.05, 4.69) is 25.0 Å². The molecule has 2 nitrogen and oxygen atoms in total. The summed E-state index contributed by atoms with van der Waals surface area (Å²) in [6, 6.07) is 2.13. The monoisotopic (exact) mass is 226 g/mol. The van der Waals surface area contributed by atoms with E-state index in [0.29, 0.717) is 16.7 Å². The lowest BCUT2D eigenvalue weighted by Crippen LogP contribution is -2.31. The zero-order chi connectivity index (χ0) is 11.1. The van der Waals surface area contributed by atoms with Crippen LogP contribution in [0.3, 0.4) is 0 Å². The first-order chi connectivity index (χ1) is 7.00. The maximum atomic E-state index is 6.28. The average Bonchev–Trinajstić information content (AvgIpc) is 2.56. The molecule has 1 heterocycles. The molecule has 0 N–H and O–H groups in total. The predicted octanol–water partition coefficient (Wildman–Crippen LogP) is 3.32. The molecule has 0 amide bonds. The lowest BCUT2D eigenvalue weighted by molar-refractivity contribution is 0.195. The van der Waals surface area contributed by atoms with Crippen molar-refractivity contribution in [2.75, 3.05) is 0 Å². The van der Waals surface area contributed by atoms with Crippen molar-refractivity contribution in [3.05, 3.63) is 18.0 Å². The second kappa shape index (κ2) is 3.82. The molecule has 84 valence electrons. The summed E-state index contributed by atoms with van der Waals surface area (Å²) in [5.41, 5.74) is 1.67. The van der Waals surface area contributed by atoms with E-state index in [1.165, 1.54) is 12.1 Å². The Hall–Kier alpha value is -0.500. The van der Waals surface area contributed by atoms with Gasteiger partial charge in [0, 0.05) is 30.2 Å². The zero-order valence-corrected chi connectivity index (χ0v) is 10.5. The van der Waals surface area contributed by atoms with Crippen molar-refractivity contribution in [2.45, 2.75) is 44.4 Å². The van der Waals surface area contributed by atoms with E-state index in [9.17, 15) is 0 Å². The molecule has 15 heavy (non-hydrogen) atoms. The molecule has 0 bridgehead atoms. The summed E-state index contributed by atoms with van der Waals surface area (Å²) >= 11 is 6.28. The SMILES string of the molecule is Cn1nccc1C1CC(Cl)CCC1(C)C. The van der Waals surface area contributed by atoms with Gasteiger partial charge in [-0.2, -0.15) is 5.10 Å². The Balaban J connectivity index is 2.29. The van der Waals surface area contributed by atoms with E-state index >= 15 is 0 Å². The van der Waals surface area contributed by atoms with E-state index < -0.39 is 0 Å². The van der Waals surface area contributed by atoms with Crippen molar-refractivity contribution in [3.8, 4) is 0 Å². The van der Waals surface area contributed by atoms with Gasteiger partial charge in [-0.1, -0.05) is 13.8 Å². The number of aromatic nitrogens is 2. The molecule has 0 radical (unpaired) electrons. The predicted molar refractivity (Wildman–Crippen MR) is 63.2 cm³/mol. The van der Waals surface area contributed by atoms with Crippen molar-refractivity contribution in [1.29, 1.82) is 0 Å². The van der Waals surface area contributed by atoms with Gasteiger partial charge < -0.3 is 0 Å². The summed E-state index contributed by atoms with van der Waals surface area (Å²) in [5.74, 6) is 0.543. The summed E-state index contributed by atoms with van der Waals surface area (Å²) in [5, 5.41) is 4.59. The summed E-state index contributed by atoms with van der Waals surface area (Å²) in [6.07, 6.45) is 5.30. The van der Waals surface area contributed by atoms with E-state index in [-0.39, 0.29) is 0 Å². The first-order valence-corrected chi connectivity index (χ1v) is 6.06. The molecule has 1 fully saturated rings. The molecule has 1 saturated carbocycles. The van der Waals surface area contributed by atoms with Crippen molar-refractivity contribution in [3.63, 3.8) is 0 Å². The van der Waals surface area contributed by atoms with Crippen molar-refractivity contribution in [2.24, 2.45) is 12.5 Å². The minimum Gasteiger partial charge on any atom is -0.272 e. The highest BCUT2D eigenvalue weighted by Crippen LogP contribution is 2.47. The van der Waals surface area contributed by atoms with Gasteiger partial charge in [-0.05, 0) is 30.7 Å². The van der Waals surface area contributed by atoms with Crippen LogP contribution in [0.2, 0.25) is 0 Å². The Morgan fingerprint density at radius 1 is 1.53 bits per heavy atom. The van der Waals surface area contributed by atoms with Crippen LogP contribution in [0.1, 0.15) is 44.7 Å². The second-order valence-corrected chi connectivity index (χ2v) is 5.91. The van der Waals surface area contributed by atoms with E-state index in [1.54, 1.807) is 0 Å². The number of halogens is 1. The molecule has 0 aliphatic heterocycles. The molecule has 1 aromatic heterocycles. The maximum Gasteiger partial charge on any atom is 0.0492 e. The Bertz CT molecular complexity index is 343. The molecular formula is C12H19ClN2. The molecule has 2 unspecified atom stereocenters. The van der Waals surface area contributed by atoms with E-state index in [1.807, 2.05) is 17.9 Å². The molecular weight excluding hydrogens is 208 g/mol. The fourth-order valence-corrected chi connectivity index (χ4v) is 2.93. The molecule has 1 aliphatic rings. The van der Waals surface area contributed by atoms with Gasteiger partial charge in [-0.3, -0.25) is 4.68 Å². The third-order valence-corrected chi connectivity index (χ3v) is 4.15. The van der Waals surface area contributed by atoms with Gasteiger partial charge >= 0.3 is 0 Å². The first kappa shape index (κ1) is 11.0. The van der Waals surface area contributed by atoms with Gasteiger partial charge in [0.05, 0.1) is 0 Å². The smallest absolute Gasteiger partial charge is 0.0492 e. The van der Waals surface area contributed by atoms with Gasteiger partial charge in [-0.25, -0.2) is 0 Å². The molecule has 0 saturated heterocycles. The topological polar surface area (TPSA) is 17.8 Å². The fraction of sp³-hybridized carbons (Fsp3) is 0.750. The van der Waals surface area contributed by atoms with E-state index in [0.717, 1.165) is 12.8 Å². The molecule has 2 rings (SSSR count). The summed E-state index contributed by atoms with van der Waals surface area (Å²) in [7, 11) is 2.02. The van der Waals surface area contributed by atoms with Crippen molar-refractivity contribution >= 4 is 11.6 Å². The minimum absolute atomic E-state index is 0.331. The van der Waals surface area contributed by atoms with Crippen LogP contribution in [-0.4, -0.2) is 15.2 Å². The Labute approximate surface area is 96.6 Å². The molecule has 0 spiro atoms. The standard InChI is InChI=1S/C12H19ClN2/c1-12(2)6-4-9(13)8-10(12)11-5-7-14-15(11)3/h5,7,9-10H,4,6,8H2,1-3H3. The van der Waals surface area contributed by atoms with Crippen LogP contribution < -0.4 is 0 Å². The quantitative estimate of drug-likeness (QED) is 0.672. The van der Waals surface area contributed by atoms with Crippen molar-refractivity contribution < 1.29 is 0 Å². The number of aryl methyl sites for hydroxylation is 1. The fourth-order valence-electron chi connectivity index (χ4n) is 2.64. The van der Waals surface area contributed by atoms with Crippen LogP contribution >= 0.6 is 11.6 Å². The lowest BCUT2D eigenvalue weighted by atomic mass is 9.67. The van der Waals surface area contributed by atoms with Crippen LogP contribution in [0, 0.1) is 5.41 Å². The van der Waals surface area contributed by atoms with Gasteiger partial charge in [0.25, 0.3) is 0 Å². The van der Waals surface area contributed by atoms with Crippen LogP contribution in [0.4, 0.5) is 0 Å². The number of hydrogen-bond acceptors (Lipinski definition) is 1. The van der Waals surface area contributed by atoms with Crippen molar-refractivity contribution in [1.82, 2.24) is 9.78 Å². The first-order valence-electron chi connectivity index (χ1n) is 5.62. The Morgan fingerprint density at radius 3 is 2.87 bits per heavy atom. The normalized spacial score (nSPS) is 30.4. The zero-order valence-electron chi connectivity index (χ0n) is 9.70. The minimum atomic E-state index is 0.331. The average molecular weight is 227 g/mol. The molecule has 1 aliphatic carbocycles. The maximum absolute atomic E-state index is 6.28. The molecule has 2 atom stereocenters. The van der Waals surface area contributed by atoms with Gasteiger partial charge in [0.1, 0.15) is 0 Å². The largest absolute Gasteiger partial charge is 0.272 e. The van der Waals surface area contributed by atoms with Crippen LogP contribution in [0.15, 0.2) is 12.3 Å². The number of rotatable bonds is 1. The molecule has 1 aromatic rings. The third kappa shape index (κ3) is 2.05. The molecule has 0 aromatic carbocycles. The number of nitrogens with zero attached hydrogens (tertiary/aromatic N) is 2. The molecule has 3 heteroatoms. The number of hydrogen-bond donors (Lipinski definition) is 0. The highest BCUT2D eigenvalue weighted by atomic mass is 35.5. The van der Waals surface area contributed by atoms with E-state index in [4.69, 9.17) is 11.6 Å². The lowest BCUT2D eigenvalue weighted by Gasteiger charge is -2.40. The van der Waals surface area contributed by atoms with Gasteiger partial charge in [-0.15, -0.1) is 11.6 Å². The second-order valence-electron chi connectivity index (χ2n) is 5.29. The van der Waals surface area contributed by atoms with Crippen LogP contribution in [-0.2, 0) is 7.05 Å². The summed E-state index contributed by atoms with van der Waals surface area (Å²) in [6.45, 7) is 4.68. The van der Waals surface area contributed by atoms with Crippen LogP contribution in [0.25, 0.3) is 0 Å². The third-order valence-electron chi connectivity index (χ3n) is 3.75. The summed E-state index contributed by atoms with van der Waals surface area (Å²) < 4.78 is 1.99. The van der Waals surface area contributed by atoms with Gasteiger partial charge in [0.15, 0.2) is 0 Å². The number of alkyl halides is 1. The Morgan fingerprint density at radius 2 is 2.27 bits per heavy atom. The summed E-state index contributed by atoms with van der Waals surface area (Å²) in [4.78, 5) is 0. The highest BCUT2D eigenvalue weighted by Gasteiger charge is 2.37. The van der Waals surface area contributed by atoms with Crippen LogP contribution in [0.5, 0.6) is 0 Å². The highest BCUT2D eigenvalue weighted by molar-refractivity contribution is 6.20. The Kier molecular flexibility index (Phi) is 2.80.